The Morgan fingerprint density at radius 2 is 1.90 bits per heavy atom. The van der Waals surface area contributed by atoms with Crippen LogP contribution < -0.4 is 0 Å². The van der Waals surface area contributed by atoms with E-state index in [4.69, 9.17) is 23.2 Å². The zero-order valence-corrected chi connectivity index (χ0v) is 12.5. The lowest BCUT2D eigenvalue weighted by atomic mass is 10.2. The van der Waals surface area contributed by atoms with Crippen molar-refractivity contribution in [3.05, 3.63) is 58.4 Å². The van der Waals surface area contributed by atoms with E-state index in [0.717, 1.165) is 0 Å². The number of hydrogen-bond donors (Lipinski definition) is 0. The van der Waals surface area contributed by atoms with Crippen molar-refractivity contribution < 1.29 is 8.78 Å². The number of aromatic nitrogens is 2. The summed E-state index contributed by atoms with van der Waals surface area (Å²) in [6.45, 7) is 1.68. The smallest absolute Gasteiger partial charge is 0.144 e. The Bertz CT molecular complexity index is 843. The summed E-state index contributed by atoms with van der Waals surface area (Å²) >= 11 is 11.7. The van der Waals surface area contributed by atoms with Crippen LogP contribution in [-0.2, 0) is 5.88 Å². The number of alkyl halides is 1. The number of aryl methyl sites for hydroxylation is 1. The highest BCUT2D eigenvalue weighted by atomic mass is 35.5. The molecule has 0 amide bonds. The van der Waals surface area contributed by atoms with Crippen LogP contribution in [0.15, 0.2) is 30.3 Å². The Balaban J connectivity index is 2.34. The molecule has 0 saturated carbocycles. The van der Waals surface area contributed by atoms with Gasteiger partial charge in [-0.15, -0.1) is 11.6 Å². The van der Waals surface area contributed by atoms with E-state index in [9.17, 15) is 8.78 Å². The molecule has 0 bridgehead atoms. The zero-order valence-electron chi connectivity index (χ0n) is 11.0. The van der Waals surface area contributed by atoms with E-state index in [-0.39, 0.29) is 16.7 Å². The van der Waals surface area contributed by atoms with E-state index in [1.54, 1.807) is 23.6 Å². The predicted molar refractivity (Wildman–Crippen MR) is 80.3 cm³/mol. The van der Waals surface area contributed by atoms with Gasteiger partial charge in [-0.1, -0.05) is 17.7 Å². The Labute approximate surface area is 129 Å². The van der Waals surface area contributed by atoms with Crippen LogP contribution in [0.25, 0.3) is 16.7 Å². The number of fused-ring (bicyclic) bond motifs is 1. The fourth-order valence-electron chi connectivity index (χ4n) is 2.22. The van der Waals surface area contributed by atoms with Crippen LogP contribution in [0, 0.1) is 18.6 Å². The molecule has 0 radical (unpaired) electrons. The first kappa shape index (κ1) is 14.3. The summed E-state index contributed by atoms with van der Waals surface area (Å²) in [5, 5.41) is -0.0163. The van der Waals surface area contributed by atoms with Crippen LogP contribution in [0.1, 0.15) is 11.4 Å². The van der Waals surface area contributed by atoms with Crippen molar-refractivity contribution in [3.8, 4) is 5.69 Å². The molecule has 2 nitrogen and oxygen atoms in total. The van der Waals surface area contributed by atoms with Crippen LogP contribution in [0.4, 0.5) is 8.78 Å². The zero-order chi connectivity index (χ0) is 15.1. The molecule has 2 aromatic carbocycles. The SMILES string of the molecule is Cc1ccc(-n2c(CCl)nc3cc(F)c(Cl)cc32)cc1F. The van der Waals surface area contributed by atoms with Crippen molar-refractivity contribution >= 4 is 34.2 Å². The van der Waals surface area contributed by atoms with Gasteiger partial charge in [-0.2, -0.15) is 0 Å². The average Bonchev–Trinajstić information content (AvgIpc) is 2.80. The minimum Gasteiger partial charge on any atom is -0.295 e. The van der Waals surface area contributed by atoms with Crippen molar-refractivity contribution in [2.45, 2.75) is 12.8 Å². The van der Waals surface area contributed by atoms with Gasteiger partial charge in [0, 0.05) is 6.07 Å². The normalized spacial score (nSPS) is 11.3. The summed E-state index contributed by atoms with van der Waals surface area (Å²) < 4.78 is 29.0. The second-order valence-electron chi connectivity index (χ2n) is 4.69. The van der Waals surface area contributed by atoms with Gasteiger partial charge < -0.3 is 0 Å². The lowest BCUT2D eigenvalue weighted by Crippen LogP contribution is -2.00. The van der Waals surface area contributed by atoms with Crippen molar-refractivity contribution in [3.63, 3.8) is 0 Å². The second kappa shape index (κ2) is 5.28. The van der Waals surface area contributed by atoms with Gasteiger partial charge in [-0.25, -0.2) is 13.8 Å². The maximum absolute atomic E-state index is 13.8. The third kappa shape index (κ3) is 2.39. The molecular weight excluding hydrogens is 317 g/mol. The number of nitrogens with zero attached hydrogens (tertiary/aromatic N) is 2. The summed E-state index contributed by atoms with van der Waals surface area (Å²) in [6.07, 6.45) is 0. The number of hydrogen-bond acceptors (Lipinski definition) is 1. The highest BCUT2D eigenvalue weighted by Gasteiger charge is 2.15. The topological polar surface area (TPSA) is 17.8 Å². The Morgan fingerprint density at radius 3 is 2.57 bits per heavy atom. The first-order valence-corrected chi connectivity index (χ1v) is 7.11. The fraction of sp³-hybridized carbons (Fsp3) is 0.133. The molecule has 6 heteroatoms. The summed E-state index contributed by atoms with van der Waals surface area (Å²) in [5.41, 5.74) is 2.12. The first-order valence-electron chi connectivity index (χ1n) is 6.20. The Morgan fingerprint density at radius 1 is 1.14 bits per heavy atom. The summed E-state index contributed by atoms with van der Waals surface area (Å²) in [4.78, 5) is 4.27. The van der Waals surface area contributed by atoms with Crippen LogP contribution >= 0.6 is 23.2 Å². The highest BCUT2D eigenvalue weighted by Crippen LogP contribution is 2.28. The minimum atomic E-state index is -0.551. The van der Waals surface area contributed by atoms with Gasteiger partial charge in [0.05, 0.1) is 27.6 Å². The van der Waals surface area contributed by atoms with E-state index < -0.39 is 5.82 Å². The molecule has 0 aliphatic carbocycles. The van der Waals surface area contributed by atoms with Gasteiger partial charge in [-0.3, -0.25) is 4.57 Å². The van der Waals surface area contributed by atoms with Crippen molar-refractivity contribution in [2.24, 2.45) is 0 Å². The number of benzene rings is 2. The molecule has 0 spiro atoms. The molecule has 3 aromatic rings. The van der Waals surface area contributed by atoms with Gasteiger partial charge in [0.25, 0.3) is 0 Å². The van der Waals surface area contributed by atoms with Gasteiger partial charge >= 0.3 is 0 Å². The molecule has 0 fully saturated rings. The van der Waals surface area contributed by atoms with Gasteiger partial charge in [0.15, 0.2) is 0 Å². The lowest BCUT2D eigenvalue weighted by Gasteiger charge is -2.09. The average molecular weight is 327 g/mol. The molecule has 0 N–H and O–H groups in total. The van der Waals surface area contributed by atoms with Crippen molar-refractivity contribution in [1.82, 2.24) is 9.55 Å². The Kier molecular flexibility index (Phi) is 3.59. The molecule has 0 unspecified atom stereocenters. The van der Waals surface area contributed by atoms with E-state index in [1.165, 1.54) is 18.2 Å². The molecular formula is C15H10Cl2F2N2. The van der Waals surface area contributed by atoms with Crippen molar-refractivity contribution in [1.29, 1.82) is 0 Å². The molecule has 3 rings (SSSR count). The van der Waals surface area contributed by atoms with Crippen molar-refractivity contribution in [2.75, 3.05) is 0 Å². The number of halogens is 4. The third-order valence-corrected chi connectivity index (χ3v) is 3.83. The summed E-state index contributed by atoms with van der Waals surface area (Å²) in [6, 6.07) is 7.53. The van der Waals surface area contributed by atoms with E-state index in [0.29, 0.717) is 28.1 Å². The Hall–Kier alpha value is -1.65. The number of imidazole rings is 1. The molecule has 0 aliphatic rings. The highest BCUT2D eigenvalue weighted by molar-refractivity contribution is 6.31. The monoisotopic (exact) mass is 326 g/mol. The lowest BCUT2D eigenvalue weighted by molar-refractivity contribution is 0.617. The van der Waals surface area contributed by atoms with Crippen LogP contribution in [-0.4, -0.2) is 9.55 Å². The quantitative estimate of drug-likeness (QED) is 0.605. The largest absolute Gasteiger partial charge is 0.295 e. The molecule has 21 heavy (non-hydrogen) atoms. The summed E-state index contributed by atoms with van der Waals surface area (Å²) in [5.74, 6) is -0.270. The standard InChI is InChI=1S/C15H10Cl2F2N2/c1-8-2-3-9(4-11(8)18)21-14-5-10(17)12(19)6-13(14)20-15(21)7-16/h2-6H,7H2,1H3. The van der Waals surface area contributed by atoms with Gasteiger partial charge in [-0.05, 0) is 30.7 Å². The summed E-state index contributed by atoms with van der Waals surface area (Å²) in [7, 11) is 0. The predicted octanol–water partition coefficient (Wildman–Crippen LogP) is 5.00. The molecule has 0 aliphatic heterocycles. The number of rotatable bonds is 2. The maximum atomic E-state index is 13.8. The molecule has 1 heterocycles. The molecule has 1 aromatic heterocycles. The van der Waals surface area contributed by atoms with Gasteiger partial charge in [0.2, 0.25) is 0 Å². The second-order valence-corrected chi connectivity index (χ2v) is 5.36. The molecule has 0 saturated heterocycles. The maximum Gasteiger partial charge on any atom is 0.144 e. The molecule has 108 valence electrons. The fourth-order valence-corrected chi connectivity index (χ4v) is 2.56. The van der Waals surface area contributed by atoms with E-state index >= 15 is 0 Å². The minimum absolute atomic E-state index is 0.0163. The first-order chi connectivity index (χ1) is 10.0. The van der Waals surface area contributed by atoms with Crippen LogP contribution in [0.5, 0.6) is 0 Å². The van der Waals surface area contributed by atoms with Crippen LogP contribution in [0.2, 0.25) is 5.02 Å². The van der Waals surface area contributed by atoms with Crippen LogP contribution in [0.3, 0.4) is 0 Å². The molecule has 0 atom stereocenters. The van der Waals surface area contributed by atoms with E-state index in [1.807, 2.05) is 0 Å². The van der Waals surface area contributed by atoms with E-state index in [2.05, 4.69) is 4.98 Å². The third-order valence-electron chi connectivity index (χ3n) is 3.30. The van der Waals surface area contributed by atoms with Gasteiger partial charge in [0.1, 0.15) is 17.5 Å².